The number of carbonyl (C=O) groups excluding carboxylic acids is 1. The van der Waals surface area contributed by atoms with E-state index >= 15 is 0 Å². The van der Waals surface area contributed by atoms with Crippen LogP contribution in [-0.4, -0.2) is 23.0 Å². The fourth-order valence-corrected chi connectivity index (χ4v) is 1.76. The summed E-state index contributed by atoms with van der Waals surface area (Å²) >= 11 is 0. The molecule has 5 heteroatoms. The third kappa shape index (κ3) is 2.04. The molecule has 1 aromatic heterocycles. The van der Waals surface area contributed by atoms with Crippen molar-refractivity contribution in [2.24, 2.45) is 5.41 Å². The monoisotopic (exact) mass is 254 g/mol. The van der Waals surface area contributed by atoms with Gasteiger partial charge in [0.1, 0.15) is 5.76 Å². The molecule has 5 nitrogen and oxygen atoms in total. The number of aliphatic hydroxyl groups excluding tert-OH is 1. The predicted octanol–water partition coefficient (Wildman–Crippen LogP) is 2.02. The van der Waals surface area contributed by atoms with Crippen molar-refractivity contribution in [2.75, 3.05) is 0 Å². The van der Waals surface area contributed by atoms with Crippen LogP contribution in [0.4, 0.5) is 0 Å². The fourth-order valence-electron chi connectivity index (χ4n) is 1.76. The molecule has 0 saturated carbocycles. The average Bonchev–Trinajstić information content (AvgIpc) is 2.86. The van der Waals surface area contributed by atoms with Gasteiger partial charge in [-0.15, -0.1) is 0 Å². The standard InChI is InChI=1S/C13H18O5/c1-12(2,3)11-17-10(15)13(4,18-11)9(14)8-6-5-7-16-8/h5-7,9,11,14H,1-4H3/t9-,11-,13-/m1/s1. The summed E-state index contributed by atoms with van der Waals surface area (Å²) in [5.41, 5.74) is -1.79. The Balaban J connectivity index is 2.24. The van der Waals surface area contributed by atoms with E-state index in [1.165, 1.54) is 13.2 Å². The van der Waals surface area contributed by atoms with Crippen LogP contribution in [0, 0.1) is 5.41 Å². The lowest BCUT2D eigenvalue weighted by Crippen LogP contribution is -2.40. The van der Waals surface area contributed by atoms with Crippen LogP contribution in [0.1, 0.15) is 39.6 Å². The number of ether oxygens (including phenoxy) is 2. The largest absolute Gasteiger partial charge is 0.466 e. The van der Waals surface area contributed by atoms with Crippen molar-refractivity contribution in [3.8, 4) is 0 Å². The summed E-state index contributed by atoms with van der Waals surface area (Å²) in [7, 11) is 0. The van der Waals surface area contributed by atoms with Gasteiger partial charge in [-0.2, -0.15) is 0 Å². The Labute approximate surface area is 106 Å². The Morgan fingerprint density at radius 1 is 1.44 bits per heavy atom. The van der Waals surface area contributed by atoms with Gasteiger partial charge in [-0.05, 0) is 19.1 Å². The molecular formula is C13H18O5. The second-order valence-corrected chi connectivity index (χ2v) is 5.75. The van der Waals surface area contributed by atoms with Crippen molar-refractivity contribution in [3.05, 3.63) is 24.2 Å². The molecule has 2 rings (SSSR count). The van der Waals surface area contributed by atoms with E-state index in [-0.39, 0.29) is 11.2 Å². The van der Waals surface area contributed by atoms with Gasteiger partial charge in [0, 0.05) is 5.41 Å². The zero-order valence-corrected chi connectivity index (χ0v) is 11.0. The van der Waals surface area contributed by atoms with Crippen LogP contribution in [0.3, 0.4) is 0 Å². The molecule has 0 aliphatic carbocycles. The van der Waals surface area contributed by atoms with Gasteiger partial charge in [-0.1, -0.05) is 20.8 Å². The van der Waals surface area contributed by atoms with Crippen molar-refractivity contribution in [1.29, 1.82) is 0 Å². The van der Waals surface area contributed by atoms with Crippen molar-refractivity contribution < 1.29 is 23.8 Å². The van der Waals surface area contributed by atoms with Gasteiger partial charge >= 0.3 is 5.97 Å². The lowest BCUT2D eigenvalue weighted by molar-refractivity contribution is -0.168. The Kier molecular flexibility index (Phi) is 2.99. The van der Waals surface area contributed by atoms with Crippen LogP contribution < -0.4 is 0 Å². The number of rotatable bonds is 2. The molecule has 0 spiro atoms. The molecule has 1 aliphatic heterocycles. The van der Waals surface area contributed by atoms with Gasteiger partial charge in [-0.25, -0.2) is 4.79 Å². The lowest BCUT2D eigenvalue weighted by Gasteiger charge is -2.28. The maximum atomic E-state index is 11.9. The highest BCUT2D eigenvalue weighted by Crippen LogP contribution is 2.41. The SMILES string of the molecule is CC(C)(C)[C@@H]1OC(=O)[C@@](C)([C@H](O)c2ccco2)O1. The zero-order valence-electron chi connectivity index (χ0n) is 11.0. The topological polar surface area (TPSA) is 68.9 Å². The normalized spacial score (nSPS) is 30.3. The van der Waals surface area contributed by atoms with Gasteiger partial charge in [0.25, 0.3) is 0 Å². The van der Waals surface area contributed by atoms with Crippen LogP contribution in [-0.2, 0) is 14.3 Å². The van der Waals surface area contributed by atoms with Gasteiger partial charge in [-0.3, -0.25) is 0 Å². The maximum Gasteiger partial charge on any atom is 0.343 e. The second kappa shape index (κ2) is 4.10. The lowest BCUT2D eigenvalue weighted by atomic mass is 9.95. The molecule has 18 heavy (non-hydrogen) atoms. The Morgan fingerprint density at radius 2 is 2.11 bits per heavy atom. The van der Waals surface area contributed by atoms with Crippen molar-refractivity contribution in [2.45, 2.75) is 45.7 Å². The number of hydrogen-bond donors (Lipinski definition) is 1. The minimum Gasteiger partial charge on any atom is -0.466 e. The van der Waals surface area contributed by atoms with Crippen LogP contribution in [0.2, 0.25) is 0 Å². The molecule has 1 N–H and O–H groups in total. The summed E-state index contributed by atoms with van der Waals surface area (Å²) in [6, 6.07) is 3.24. The van der Waals surface area contributed by atoms with Crippen molar-refractivity contribution in [1.82, 2.24) is 0 Å². The molecule has 0 radical (unpaired) electrons. The van der Waals surface area contributed by atoms with Crippen molar-refractivity contribution in [3.63, 3.8) is 0 Å². The molecule has 2 heterocycles. The molecule has 1 saturated heterocycles. The van der Waals surface area contributed by atoms with Gasteiger partial charge < -0.3 is 19.0 Å². The van der Waals surface area contributed by atoms with E-state index < -0.39 is 24.0 Å². The Bertz CT molecular complexity index is 431. The third-order valence-electron chi connectivity index (χ3n) is 3.01. The molecule has 0 unspecified atom stereocenters. The number of furan rings is 1. The highest BCUT2D eigenvalue weighted by molar-refractivity contribution is 5.81. The van der Waals surface area contributed by atoms with E-state index in [0.29, 0.717) is 0 Å². The summed E-state index contributed by atoms with van der Waals surface area (Å²) in [6.07, 6.45) is -0.435. The number of aliphatic hydroxyl groups is 1. The first-order valence-corrected chi connectivity index (χ1v) is 5.85. The highest BCUT2D eigenvalue weighted by atomic mass is 16.8. The second-order valence-electron chi connectivity index (χ2n) is 5.75. The summed E-state index contributed by atoms with van der Waals surface area (Å²) in [5, 5.41) is 10.2. The third-order valence-corrected chi connectivity index (χ3v) is 3.01. The van der Waals surface area contributed by atoms with Crippen LogP contribution >= 0.6 is 0 Å². The molecule has 1 fully saturated rings. The fraction of sp³-hybridized carbons (Fsp3) is 0.615. The number of carbonyl (C=O) groups is 1. The molecule has 0 bridgehead atoms. The summed E-state index contributed by atoms with van der Waals surface area (Å²) in [4.78, 5) is 11.9. The molecule has 3 atom stereocenters. The van der Waals surface area contributed by atoms with Crippen LogP contribution in [0.25, 0.3) is 0 Å². The summed E-state index contributed by atoms with van der Waals surface area (Å²) in [5.74, 6) is -0.296. The van der Waals surface area contributed by atoms with Gasteiger partial charge in [0.05, 0.1) is 6.26 Å². The predicted molar refractivity (Wildman–Crippen MR) is 62.5 cm³/mol. The Morgan fingerprint density at radius 3 is 2.56 bits per heavy atom. The molecule has 100 valence electrons. The first-order valence-electron chi connectivity index (χ1n) is 5.85. The minimum absolute atomic E-state index is 0.281. The van der Waals surface area contributed by atoms with E-state index in [0.717, 1.165) is 0 Å². The first kappa shape index (κ1) is 13.1. The average molecular weight is 254 g/mol. The van der Waals surface area contributed by atoms with Crippen LogP contribution in [0.5, 0.6) is 0 Å². The molecule has 1 aromatic rings. The first-order chi connectivity index (χ1) is 8.25. The van der Waals surface area contributed by atoms with Gasteiger partial charge in [0.2, 0.25) is 6.29 Å². The van der Waals surface area contributed by atoms with E-state index in [9.17, 15) is 9.90 Å². The van der Waals surface area contributed by atoms with Crippen LogP contribution in [0.15, 0.2) is 22.8 Å². The zero-order chi connectivity index (χ0) is 13.6. The molecule has 0 aromatic carbocycles. The maximum absolute atomic E-state index is 11.9. The number of esters is 1. The summed E-state index contributed by atoms with van der Waals surface area (Å²) < 4.78 is 15.9. The highest BCUT2D eigenvalue weighted by Gasteiger charge is 2.55. The summed E-state index contributed by atoms with van der Waals surface area (Å²) in [6.45, 7) is 7.20. The molecular weight excluding hydrogens is 236 g/mol. The minimum atomic E-state index is -1.43. The van der Waals surface area contributed by atoms with E-state index in [2.05, 4.69) is 0 Å². The van der Waals surface area contributed by atoms with E-state index in [1.54, 1.807) is 12.1 Å². The molecule has 1 aliphatic rings. The van der Waals surface area contributed by atoms with Gasteiger partial charge in [0.15, 0.2) is 11.7 Å². The Hall–Kier alpha value is -1.33. The number of cyclic esters (lactones) is 1. The van der Waals surface area contributed by atoms with E-state index in [1.807, 2.05) is 20.8 Å². The quantitative estimate of drug-likeness (QED) is 0.818. The number of hydrogen-bond acceptors (Lipinski definition) is 5. The van der Waals surface area contributed by atoms with Crippen molar-refractivity contribution >= 4 is 5.97 Å². The van der Waals surface area contributed by atoms with E-state index in [4.69, 9.17) is 13.9 Å². The smallest absolute Gasteiger partial charge is 0.343 e. The molecule has 0 amide bonds.